The predicted octanol–water partition coefficient (Wildman–Crippen LogP) is 3.85. The molecule has 28 heavy (non-hydrogen) atoms. The second-order valence-electron chi connectivity index (χ2n) is 7.05. The SMILES string of the molecule is C=C[C@@H]1C[C@@H]([C@H](C)COCc2ccccc2)OC(C[Se](=O)c2ccccc2)O1. The Kier molecular flexibility index (Phi) is 8.13. The van der Waals surface area contributed by atoms with Crippen molar-refractivity contribution in [1.29, 1.82) is 0 Å². The molecule has 0 aliphatic carbocycles. The Morgan fingerprint density at radius 3 is 2.50 bits per heavy atom. The quantitative estimate of drug-likeness (QED) is 0.433. The second-order valence-corrected chi connectivity index (χ2v) is 10.2. The van der Waals surface area contributed by atoms with Gasteiger partial charge in [-0.1, -0.05) is 0 Å². The molecule has 2 aromatic carbocycles. The molecule has 0 N–H and O–H groups in total. The Hall–Kier alpha value is -1.62. The van der Waals surface area contributed by atoms with Crippen molar-refractivity contribution < 1.29 is 18.0 Å². The molecule has 1 aliphatic heterocycles. The molecule has 1 heterocycles. The van der Waals surface area contributed by atoms with E-state index in [0.717, 1.165) is 16.4 Å². The zero-order valence-corrected chi connectivity index (χ0v) is 18.0. The van der Waals surface area contributed by atoms with Gasteiger partial charge in [-0.05, 0) is 0 Å². The third kappa shape index (κ3) is 6.20. The van der Waals surface area contributed by atoms with Gasteiger partial charge in [-0.15, -0.1) is 0 Å². The molecule has 150 valence electrons. The number of hydrogen-bond donors (Lipinski definition) is 0. The van der Waals surface area contributed by atoms with E-state index in [2.05, 4.69) is 25.6 Å². The zero-order chi connectivity index (χ0) is 19.8. The molecule has 0 aromatic heterocycles. The fourth-order valence-electron chi connectivity index (χ4n) is 3.20. The maximum absolute atomic E-state index is 12.7. The number of hydrogen-bond acceptors (Lipinski definition) is 4. The summed E-state index contributed by atoms with van der Waals surface area (Å²) >= 11 is -2.21. The Morgan fingerprint density at radius 1 is 1.14 bits per heavy atom. The van der Waals surface area contributed by atoms with E-state index in [1.54, 1.807) is 0 Å². The first-order valence-electron chi connectivity index (χ1n) is 9.64. The Balaban J connectivity index is 1.53. The molecular formula is C23H28O4Se. The molecule has 1 saturated heterocycles. The monoisotopic (exact) mass is 448 g/mol. The van der Waals surface area contributed by atoms with Gasteiger partial charge in [-0.2, -0.15) is 0 Å². The van der Waals surface area contributed by atoms with E-state index in [0.29, 0.717) is 18.5 Å². The molecule has 0 amide bonds. The van der Waals surface area contributed by atoms with Crippen LogP contribution in [0.1, 0.15) is 18.9 Å². The molecule has 0 bridgehead atoms. The van der Waals surface area contributed by atoms with E-state index >= 15 is 0 Å². The summed E-state index contributed by atoms with van der Waals surface area (Å²) in [6.07, 6.45) is 1.98. The van der Waals surface area contributed by atoms with Gasteiger partial charge in [-0.25, -0.2) is 0 Å². The molecule has 3 rings (SSSR count). The minimum absolute atomic E-state index is 0.00732. The van der Waals surface area contributed by atoms with Gasteiger partial charge < -0.3 is 0 Å². The standard InChI is InChI=1S/C23H28O4Se/c1-3-20-14-22(18(2)15-25-16-19-10-6-4-7-11-19)27-23(26-20)17-28(24)21-12-8-5-9-13-21/h3-13,18,20,22-23H,1,14-17H2,2H3/t18-,20-,22+,23?,28?/m1/s1. The average Bonchev–Trinajstić information content (AvgIpc) is 2.74. The Labute approximate surface area is 171 Å². The first-order chi connectivity index (χ1) is 13.7. The summed E-state index contributed by atoms with van der Waals surface area (Å²) in [5.74, 6) is 0.208. The van der Waals surface area contributed by atoms with Gasteiger partial charge in [0, 0.05) is 0 Å². The van der Waals surface area contributed by atoms with E-state index in [1.165, 1.54) is 0 Å². The van der Waals surface area contributed by atoms with Crippen LogP contribution < -0.4 is 4.46 Å². The molecule has 1 fully saturated rings. The van der Waals surface area contributed by atoms with Crippen LogP contribution in [0.2, 0.25) is 5.32 Å². The van der Waals surface area contributed by atoms with Gasteiger partial charge in [0.05, 0.1) is 0 Å². The van der Waals surface area contributed by atoms with Crippen molar-refractivity contribution in [2.45, 2.75) is 43.8 Å². The van der Waals surface area contributed by atoms with Crippen molar-refractivity contribution in [3.8, 4) is 0 Å². The van der Waals surface area contributed by atoms with Crippen LogP contribution in [0.3, 0.4) is 0 Å². The predicted molar refractivity (Wildman–Crippen MR) is 111 cm³/mol. The van der Waals surface area contributed by atoms with Gasteiger partial charge in [-0.3, -0.25) is 0 Å². The third-order valence-corrected chi connectivity index (χ3v) is 7.68. The van der Waals surface area contributed by atoms with Gasteiger partial charge in [0.2, 0.25) is 0 Å². The van der Waals surface area contributed by atoms with Crippen LogP contribution in [-0.2, 0) is 24.7 Å². The van der Waals surface area contributed by atoms with Crippen molar-refractivity contribution in [3.63, 3.8) is 0 Å². The van der Waals surface area contributed by atoms with E-state index in [4.69, 9.17) is 14.2 Å². The van der Waals surface area contributed by atoms with Gasteiger partial charge in [0.15, 0.2) is 0 Å². The first kappa shape index (κ1) is 21.1. The van der Waals surface area contributed by atoms with Crippen molar-refractivity contribution in [2.24, 2.45) is 5.92 Å². The molecule has 5 heteroatoms. The van der Waals surface area contributed by atoms with E-state index in [1.807, 2.05) is 54.6 Å². The number of ether oxygens (including phenoxy) is 3. The normalized spacial score (nSPS) is 24.4. The fourth-order valence-corrected chi connectivity index (χ4v) is 5.41. The summed E-state index contributed by atoms with van der Waals surface area (Å²) in [6.45, 7) is 7.19. The summed E-state index contributed by atoms with van der Waals surface area (Å²) in [5.41, 5.74) is 1.16. The molecular weight excluding hydrogens is 419 g/mol. The van der Waals surface area contributed by atoms with Crippen LogP contribution in [0, 0.1) is 5.92 Å². The minimum atomic E-state index is -2.21. The van der Waals surface area contributed by atoms with E-state index in [9.17, 15) is 3.83 Å². The van der Waals surface area contributed by atoms with Crippen LogP contribution >= 0.6 is 0 Å². The first-order valence-corrected chi connectivity index (χ1v) is 12.4. The van der Waals surface area contributed by atoms with Crippen LogP contribution in [0.4, 0.5) is 0 Å². The van der Waals surface area contributed by atoms with Crippen molar-refractivity contribution in [1.82, 2.24) is 0 Å². The maximum atomic E-state index is 12.7. The molecule has 5 atom stereocenters. The van der Waals surface area contributed by atoms with Gasteiger partial charge >= 0.3 is 172 Å². The zero-order valence-electron chi connectivity index (χ0n) is 16.2. The van der Waals surface area contributed by atoms with Crippen molar-refractivity contribution >= 4 is 18.3 Å². The van der Waals surface area contributed by atoms with Crippen LogP contribution in [0.15, 0.2) is 73.3 Å². The van der Waals surface area contributed by atoms with Gasteiger partial charge in [0.1, 0.15) is 0 Å². The second kappa shape index (κ2) is 10.8. The summed E-state index contributed by atoms with van der Waals surface area (Å²) in [6, 6.07) is 19.7. The summed E-state index contributed by atoms with van der Waals surface area (Å²) in [7, 11) is 0. The fraction of sp³-hybridized carbons (Fsp3) is 0.391. The Bertz CT molecular complexity index is 750. The topological polar surface area (TPSA) is 44.8 Å². The molecule has 2 aromatic rings. The van der Waals surface area contributed by atoms with Crippen LogP contribution in [0.25, 0.3) is 0 Å². The average molecular weight is 447 g/mol. The molecule has 0 radical (unpaired) electrons. The molecule has 4 nitrogen and oxygen atoms in total. The van der Waals surface area contributed by atoms with Crippen LogP contribution in [-0.4, -0.2) is 38.9 Å². The van der Waals surface area contributed by atoms with Crippen molar-refractivity contribution in [3.05, 3.63) is 78.9 Å². The molecule has 0 saturated carbocycles. The van der Waals surface area contributed by atoms with E-state index in [-0.39, 0.29) is 18.1 Å². The summed E-state index contributed by atoms with van der Waals surface area (Å²) < 4.78 is 31.6. The summed E-state index contributed by atoms with van der Waals surface area (Å²) in [4.78, 5) is 0. The molecule has 1 aliphatic rings. The van der Waals surface area contributed by atoms with Crippen molar-refractivity contribution in [2.75, 3.05) is 6.61 Å². The molecule has 2 unspecified atom stereocenters. The Morgan fingerprint density at radius 2 is 1.82 bits per heavy atom. The number of rotatable bonds is 9. The number of benzene rings is 2. The third-order valence-electron chi connectivity index (χ3n) is 4.80. The molecule has 0 spiro atoms. The summed E-state index contributed by atoms with van der Waals surface area (Å²) in [5, 5.41) is 0.405. The van der Waals surface area contributed by atoms with Crippen LogP contribution in [0.5, 0.6) is 0 Å². The van der Waals surface area contributed by atoms with E-state index < -0.39 is 20.1 Å². The van der Waals surface area contributed by atoms with Gasteiger partial charge in [0.25, 0.3) is 0 Å².